The van der Waals surface area contributed by atoms with Crippen molar-refractivity contribution in [3.8, 4) is 0 Å². The number of thiophene rings is 1. The molecular formula is C10H10BrN3OS2. The van der Waals surface area contributed by atoms with Crippen LogP contribution < -0.4 is 11.1 Å². The van der Waals surface area contributed by atoms with E-state index in [9.17, 15) is 4.79 Å². The zero-order chi connectivity index (χ0) is 12.3. The fraction of sp³-hybridized carbons (Fsp3) is 0.200. The zero-order valence-electron chi connectivity index (χ0n) is 8.77. The maximum atomic E-state index is 11.7. The lowest BCUT2D eigenvalue weighted by Gasteiger charge is -2.00. The molecule has 90 valence electrons. The molecule has 4 nitrogen and oxygen atoms in total. The number of nitrogens with zero attached hydrogens (tertiary/aromatic N) is 1. The summed E-state index contributed by atoms with van der Waals surface area (Å²) in [6.45, 7) is 0.889. The molecule has 0 radical (unpaired) electrons. The smallest absolute Gasteiger partial charge is 0.271 e. The average molecular weight is 332 g/mol. The number of nitrogens with two attached hydrogens (primary N) is 1. The van der Waals surface area contributed by atoms with Crippen LogP contribution in [0, 0.1) is 0 Å². The number of rotatable bonds is 4. The monoisotopic (exact) mass is 331 g/mol. The Morgan fingerprint density at radius 3 is 2.88 bits per heavy atom. The number of amides is 1. The van der Waals surface area contributed by atoms with E-state index in [2.05, 4.69) is 26.2 Å². The second-order valence-electron chi connectivity index (χ2n) is 3.24. The summed E-state index contributed by atoms with van der Waals surface area (Å²) >= 11 is 6.37. The molecule has 2 aromatic heterocycles. The van der Waals surface area contributed by atoms with Crippen LogP contribution in [0.3, 0.4) is 0 Å². The highest BCUT2D eigenvalue weighted by molar-refractivity contribution is 9.10. The lowest BCUT2D eigenvalue weighted by molar-refractivity contribution is 0.0947. The van der Waals surface area contributed by atoms with Gasteiger partial charge in [-0.3, -0.25) is 4.79 Å². The molecule has 0 spiro atoms. The van der Waals surface area contributed by atoms with Crippen LogP contribution in [0.1, 0.15) is 20.4 Å². The highest BCUT2D eigenvalue weighted by Crippen LogP contribution is 2.19. The van der Waals surface area contributed by atoms with Crippen LogP contribution in [-0.4, -0.2) is 10.9 Å². The summed E-state index contributed by atoms with van der Waals surface area (Å²) in [5, 5.41) is 7.30. The Balaban J connectivity index is 1.93. The van der Waals surface area contributed by atoms with Crippen LogP contribution in [0.5, 0.6) is 0 Å². The van der Waals surface area contributed by atoms with E-state index in [1.807, 2.05) is 11.4 Å². The number of hydrogen-bond donors (Lipinski definition) is 2. The Morgan fingerprint density at radius 1 is 1.47 bits per heavy atom. The Morgan fingerprint density at radius 2 is 2.29 bits per heavy atom. The second kappa shape index (κ2) is 5.72. The Kier molecular flexibility index (Phi) is 4.27. The van der Waals surface area contributed by atoms with E-state index < -0.39 is 0 Å². The molecule has 7 heteroatoms. The number of thiazole rings is 1. The molecule has 0 aliphatic heterocycles. The maximum absolute atomic E-state index is 11.7. The van der Waals surface area contributed by atoms with Crippen LogP contribution >= 0.6 is 38.6 Å². The predicted octanol–water partition coefficient (Wildman–Crippen LogP) is 2.36. The van der Waals surface area contributed by atoms with Crippen molar-refractivity contribution in [3.63, 3.8) is 0 Å². The fourth-order valence-corrected chi connectivity index (χ4v) is 3.26. The summed E-state index contributed by atoms with van der Waals surface area (Å²) < 4.78 is 1.03. The summed E-state index contributed by atoms with van der Waals surface area (Å²) in [5.41, 5.74) is 5.88. The molecule has 0 unspecified atom stereocenters. The molecule has 0 saturated heterocycles. The molecule has 0 saturated carbocycles. The van der Waals surface area contributed by atoms with E-state index in [1.54, 1.807) is 16.7 Å². The number of carbonyl (C=O) groups is 1. The number of nitrogens with one attached hydrogen (secondary N) is 1. The first-order chi connectivity index (χ1) is 8.19. The summed E-state index contributed by atoms with van der Waals surface area (Å²) in [6.07, 6.45) is 0. The van der Waals surface area contributed by atoms with Gasteiger partial charge in [-0.2, -0.15) is 0 Å². The SMILES string of the molecule is NCc1nc(C(=O)NCc2cc(Br)cs2)cs1. The molecule has 0 aromatic carbocycles. The molecule has 0 aliphatic rings. The van der Waals surface area contributed by atoms with E-state index >= 15 is 0 Å². The lowest BCUT2D eigenvalue weighted by Crippen LogP contribution is -2.22. The minimum Gasteiger partial charge on any atom is -0.346 e. The minimum atomic E-state index is -0.162. The average Bonchev–Trinajstić information content (AvgIpc) is 2.94. The fourth-order valence-electron chi connectivity index (χ4n) is 1.21. The quantitative estimate of drug-likeness (QED) is 0.903. The van der Waals surface area contributed by atoms with Crippen LogP contribution in [0.25, 0.3) is 0 Å². The van der Waals surface area contributed by atoms with Gasteiger partial charge in [-0.05, 0) is 22.0 Å². The molecule has 2 rings (SSSR count). The Bertz CT molecular complexity index is 523. The summed E-state index contributed by atoms with van der Waals surface area (Å²) in [6, 6.07) is 1.98. The van der Waals surface area contributed by atoms with E-state index in [0.717, 1.165) is 14.4 Å². The number of halogens is 1. The summed E-state index contributed by atoms with van der Waals surface area (Å²) in [7, 11) is 0. The molecule has 3 N–H and O–H groups in total. The minimum absolute atomic E-state index is 0.162. The van der Waals surface area contributed by atoms with Crippen molar-refractivity contribution in [2.24, 2.45) is 5.73 Å². The van der Waals surface area contributed by atoms with Gasteiger partial charge in [0.1, 0.15) is 10.7 Å². The molecule has 1 amide bonds. The molecule has 0 bridgehead atoms. The van der Waals surface area contributed by atoms with Gasteiger partial charge in [0, 0.05) is 26.7 Å². The topological polar surface area (TPSA) is 68.0 Å². The highest BCUT2D eigenvalue weighted by Gasteiger charge is 2.10. The molecule has 0 atom stereocenters. The van der Waals surface area contributed by atoms with Gasteiger partial charge < -0.3 is 11.1 Å². The Labute approximate surface area is 115 Å². The van der Waals surface area contributed by atoms with Crippen LogP contribution in [0.15, 0.2) is 21.3 Å². The molecule has 2 aromatic rings. The third-order valence-electron chi connectivity index (χ3n) is 2.00. The normalized spacial score (nSPS) is 10.5. The molecule has 0 fully saturated rings. The number of carbonyl (C=O) groups excluding carboxylic acids is 1. The first kappa shape index (κ1) is 12.7. The van der Waals surface area contributed by atoms with Gasteiger partial charge in [0.2, 0.25) is 0 Å². The van der Waals surface area contributed by atoms with E-state index in [-0.39, 0.29) is 5.91 Å². The van der Waals surface area contributed by atoms with E-state index in [0.29, 0.717) is 18.8 Å². The van der Waals surface area contributed by atoms with Gasteiger partial charge in [0.25, 0.3) is 5.91 Å². The first-order valence-electron chi connectivity index (χ1n) is 4.84. The van der Waals surface area contributed by atoms with Crippen molar-refractivity contribution in [3.05, 3.63) is 36.9 Å². The van der Waals surface area contributed by atoms with Gasteiger partial charge in [0.15, 0.2) is 0 Å². The Hall–Kier alpha value is -0.760. The van der Waals surface area contributed by atoms with Crippen molar-refractivity contribution in [2.45, 2.75) is 13.1 Å². The van der Waals surface area contributed by atoms with E-state index in [1.165, 1.54) is 11.3 Å². The number of aromatic nitrogens is 1. The molecule has 2 heterocycles. The van der Waals surface area contributed by atoms with Crippen LogP contribution in [0.2, 0.25) is 0 Å². The zero-order valence-corrected chi connectivity index (χ0v) is 12.0. The second-order valence-corrected chi connectivity index (χ2v) is 6.10. The van der Waals surface area contributed by atoms with Gasteiger partial charge >= 0.3 is 0 Å². The van der Waals surface area contributed by atoms with Crippen LogP contribution in [0.4, 0.5) is 0 Å². The van der Waals surface area contributed by atoms with Crippen molar-refractivity contribution < 1.29 is 4.79 Å². The van der Waals surface area contributed by atoms with Gasteiger partial charge in [-0.25, -0.2) is 4.98 Å². The van der Waals surface area contributed by atoms with Gasteiger partial charge in [0.05, 0.1) is 6.54 Å². The van der Waals surface area contributed by atoms with Crippen molar-refractivity contribution in [1.29, 1.82) is 0 Å². The van der Waals surface area contributed by atoms with Gasteiger partial charge in [-0.1, -0.05) is 0 Å². The summed E-state index contributed by atoms with van der Waals surface area (Å²) in [5.74, 6) is -0.162. The lowest BCUT2D eigenvalue weighted by atomic mass is 10.4. The third-order valence-corrected chi connectivity index (χ3v) is 4.57. The standard InChI is InChI=1S/C10H10BrN3OS2/c11-6-1-7(16-4-6)3-13-10(15)8-5-17-9(2-12)14-8/h1,4-5H,2-3,12H2,(H,13,15). The van der Waals surface area contributed by atoms with Crippen molar-refractivity contribution >= 4 is 44.5 Å². The third kappa shape index (κ3) is 3.35. The largest absolute Gasteiger partial charge is 0.346 e. The maximum Gasteiger partial charge on any atom is 0.271 e. The van der Waals surface area contributed by atoms with Crippen LogP contribution in [-0.2, 0) is 13.1 Å². The van der Waals surface area contributed by atoms with Gasteiger partial charge in [-0.15, -0.1) is 22.7 Å². The molecule has 17 heavy (non-hydrogen) atoms. The molecular weight excluding hydrogens is 322 g/mol. The molecule has 0 aliphatic carbocycles. The predicted molar refractivity (Wildman–Crippen MR) is 73.2 cm³/mol. The van der Waals surface area contributed by atoms with Crippen molar-refractivity contribution in [1.82, 2.24) is 10.3 Å². The van der Waals surface area contributed by atoms with E-state index in [4.69, 9.17) is 5.73 Å². The van der Waals surface area contributed by atoms with Crippen molar-refractivity contribution in [2.75, 3.05) is 0 Å². The first-order valence-corrected chi connectivity index (χ1v) is 7.40. The number of hydrogen-bond acceptors (Lipinski definition) is 5. The summed E-state index contributed by atoms with van der Waals surface area (Å²) in [4.78, 5) is 17.0. The highest BCUT2D eigenvalue weighted by atomic mass is 79.9.